The first kappa shape index (κ1) is 8.05. The smallest absolute Gasteiger partial charge is 0.137 e. The molecule has 60 valence electrons. The molecular weight excluding hydrogens is 138 g/mol. The third-order valence-electron chi connectivity index (χ3n) is 1.71. The second-order valence-electron chi connectivity index (χ2n) is 2.90. The van der Waals surface area contributed by atoms with E-state index in [-0.39, 0.29) is 0 Å². The molecule has 0 amide bonds. The van der Waals surface area contributed by atoms with Crippen LogP contribution in [0.4, 0.5) is 0 Å². The molecule has 0 aliphatic carbocycles. The van der Waals surface area contributed by atoms with Crippen LogP contribution >= 0.6 is 0 Å². The first-order valence-electron chi connectivity index (χ1n) is 3.75. The van der Waals surface area contributed by atoms with Gasteiger partial charge < -0.3 is 4.52 Å². The molecule has 0 radical (unpaired) electrons. The van der Waals surface area contributed by atoms with Crippen LogP contribution in [-0.2, 0) is 0 Å². The fourth-order valence-electron chi connectivity index (χ4n) is 1.25. The molecule has 1 heterocycles. The van der Waals surface area contributed by atoms with Gasteiger partial charge in [0.1, 0.15) is 11.5 Å². The molecule has 0 saturated heterocycles. The van der Waals surface area contributed by atoms with Crippen molar-refractivity contribution in [2.75, 3.05) is 0 Å². The molecule has 0 aromatic carbocycles. The summed E-state index contributed by atoms with van der Waals surface area (Å²) in [6.45, 7) is 9.83. The van der Waals surface area contributed by atoms with Gasteiger partial charge in [-0.05, 0) is 18.9 Å². The standard InChI is InChI=1S/C9H13NO/c1-5-8-9(6(2)3)7(4)11-10-8/h5-6H,1H2,2-4H3. The average molecular weight is 151 g/mol. The fraction of sp³-hybridized carbons (Fsp3) is 0.444. The lowest BCUT2D eigenvalue weighted by molar-refractivity contribution is 0.394. The summed E-state index contributed by atoms with van der Waals surface area (Å²) in [6.07, 6.45) is 1.73. The van der Waals surface area contributed by atoms with Gasteiger partial charge in [0, 0.05) is 5.56 Å². The summed E-state index contributed by atoms with van der Waals surface area (Å²) in [5, 5.41) is 3.86. The largest absolute Gasteiger partial charge is 0.361 e. The lowest BCUT2D eigenvalue weighted by Crippen LogP contribution is -1.89. The quantitative estimate of drug-likeness (QED) is 0.649. The Morgan fingerprint density at radius 1 is 1.55 bits per heavy atom. The zero-order valence-corrected chi connectivity index (χ0v) is 7.22. The van der Waals surface area contributed by atoms with E-state index in [1.54, 1.807) is 6.08 Å². The van der Waals surface area contributed by atoms with Crippen LogP contribution in [0.15, 0.2) is 11.1 Å². The first-order chi connectivity index (χ1) is 5.16. The Morgan fingerprint density at radius 3 is 2.55 bits per heavy atom. The molecule has 1 aromatic rings. The van der Waals surface area contributed by atoms with Gasteiger partial charge in [-0.3, -0.25) is 0 Å². The van der Waals surface area contributed by atoms with Crippen molar-refractivity contribution in [3.8, 4) is 0 Å². The van der Waals surface area contributed by atoms with E-state index in [9.17, 15) is 0 Å². The highest BCUT2D eigenvalue weighted by Gasteiger charge is 2.12. The minimum atomic E-state index is 0.453. The third kappa shape index (κ3) is 1.34. The van der Waals surface area contributed by atoms with Crippen LogP contribution in [0.3, 0.4) is 0 Å². The van der Waals surface area contributed by atoms with Crippen LogP contribution < -0.4 is 0 Å². The zero-order valence-electron chi connectivity index (χ0n) is 7.22. The van der Waals surface area contributed by atoms with Gasteiger partial charge in [0.25, 0.3) is 0 Å². The summed E-state index contributed by atoms with van der Waals surface area (Å²) in [5.74, 6) is 1.35. The maximum atomic E-state index is 5.03. The van der Waals surface area contributed by atoms with Crippen LogP contribution in [0.2, 0.25) is 0 Å². The van der Waals surface area contributed by atoms with Gasteiger partial charge in [-0.2, -0.15) is 0 Å². The number of hydrogen-bond acceptors (Lipinski definition) is 2. The minimum Gasteiger partial charge on any atom is -0.361 e. The Balaban J connectivity index is 3.17. The van der Waals surface area contributed by atoms with E-state index in [0.717, 1.165) is 11.5 Å². The zero-order chi connectivity index (χ0) is 8.43. The summed E-state index contributed by atoms with van der Waals surface area (Å²) in [7, 11) is 0. The summed E-state index contributed by atoms with van der Waals surface area (Å²) in [5.41, 5.74) is 2.04. The predicted molar refractivity (Wildman–Crippen MR) is 45.4 cm³/mol. The number of aryl methyl sites for hydroxylation is 1. The third-order valence-corrected chi connectivity index (χ3v) is 1.71. The van der Waals surface area contributed by atoms with Crippen molar-refractivity contribution in [3.63, 3.8) is 0 Å². The fourth-order valence-corrected chi connectivity index (χ4v) is 1.25. The van der Waals surface area contributed by atoms with Crippen LogP contribution in [0.25, 0.3) is 6.08 Å². The van der Waals surface area contributed by atoms with E-state index < -0.39 is 0 Å². The molecule has 11 heavy (non-hydrogen) atoms. The lowest BCUT2D eigenvalue weighted by atomic mass is 10.0. The van der Waals surface area contributed by atoms with E-state index in [2.05, 4.69) is 25.6 Å². The van der Waals surface area contributed by atoms with Crippen molar-refractivity contribution in [1.82, 2.24) is 5.16 Å². The van der Waals surface area contributed by atoms with Crippen LogP contribution in [-0.4, -0.2) is 5.16 Å². The SMILES string of the molecule is C=Cc1noc(C)c1C(C)C. The van der Waals surface area contributed by atoms with E-state index >= 15 is 0 Å². The van der Waals surface area contributed by atoms with Gasteiger partial charge in [0.05, 0.1) is 0 Å². The van der Waals surface area contributed by atoms with Crippen LogP contribution in [0, 0.1) is 6.92 Å². The normalized spacial score (nSPS) is 10.5. The monoisotopic (exact) mass is 151 g/mol. The van der Waals surface area contributed by atoms with E-state index in [0.29, 0.717) is 5.92 Å². The predicted octanol–water partition coefficient (Wildman–Crippen LogP) is 2.75. The molecule has 0 aliphatic rings. The summed E-state index contributed by atoms with van der Waals surface area (Å²) in [6, 6.07) is 0. The van der Waals surface area contributed by atoms with Gasteiger partial charge in [0.2, 0.25) is 0 Å². The molecule has 0 aliphatic heterocycles. The maximum Gasteiger partial charge on any atom is 0.137 e. The van der Waals surface area contributed by atoms with Gasteiger partial charge >= 0.3 is 0 Å². The Labute approximate surface area is 66.9 Å². The Bertz CT molecular complexity index is 261. The molecule has 0 atom stereocenters. The van der Waals surface area contributed by atoms with Crippen molar-refractivity contribution in [1.29, 1.82) is 0 Å². The van der Waals surface area contributed by atoms with Gasteiger partial charge in [-0.15, -0.1) is 0 Å². The minimum absolute atomic E-state index is 0.453. The van der Waals surface area contributed by atoms with Crippen molar-refractivity contribution in [2.45, 2.75) is 26.7 Å². The molecule has 0 bridgehead atoms. The first-order valence-corrected chi connectivity index (χ1v) is 3.75. The second kappa shape index (κ2) is 2.91. The van der Waals surface area contributed by atoms with Gasteiger partial charge in [-0.25, -0.2) is 0 Å². The van der Waals surface area contributed by atoms with E-state index in [1.165, 1.54) is 5.56 Å². The molecule has 2 nitrogen and oxygen atoms in total. The Kier molecular flexibility index (Phi) is 2.13. The lowest BCUT2D eigenvalue weighted by Gasteiger charge is -2.01. The molecule has 1 rings (SSSR count). The number of aromatic nitrogens is 1. The Hall–Kier alpha value is -1.05. The molecular formula is C9H13NO. The maximum absolute atomic E-state index is 5.03. The topological polar surface area (TPSA) is 26.0 Å². The van der Waals surface area contributed by atoms with E-state index in [4.69, 9.17) is 4.52 Å². The number of nitrogens with zero attached hydrogens (tertiary/aromatic N) is 1. The van der Waals surface area contributed by atoms with Crippen molar-refractivity contribution < 1.29 is 4.52 Å². The second-order valence-corrected chi connectivity index (χ2v) is 2.90. The molecule has 0 N–H and O–H groups in total. The van der Waals surface area contributed by atoms with Crippen molar-refractivity contribution >= 4 is 6.08 Å². The highest BCUT2D eigenvalue weighted by molar-refractivity contribution is 5.48. The van der Waals surface area contributed by atoms with Crippen molar-refractivity contribution in [3.05, 3.63) is 23.6 Å². The van der Waals surface area contributed by atoms with Crippen LogP contribution in [0.1, 0.15) is 36.8 Å². The van der Waals surface area contributed by atoms with Crippen LogP contribution in [0.5, 0.6) is 0 Å². The van der Waals surface area contributed by atoms with Gasteiger partial charge in [-0.1, -0.05) is 25.6 Å². The highest BCUT2D eigenvalue weighted by Crippen LogP contribution is 2.23. The molecule has 2 heteroatoms. The molecule has 0 unspecified atom stereocenters. The summed E-state index contributed by atoms with van der Waals surface area (Å²) in [4.78, 5) is 0. The Morgan fingerprint density at radius 2 is 2.18 bits per heavy atom. The molecule has 0 fully saturated rings. The summed E-state index contributed by atoms with van der Waals surface area (Å²) < 4.78 is 5.03. The van der Waals surface area contributed by atoms with Gasteiger partial charge in [0.15, 0.2) is 0 Å². The number of rotatable bonds is 2. The molecule has 1 aromatic heterocycles. The van der Waals surface area contributed by atoms with Crippen molar-refractivity contribution in [2.24, 2.45) is 0 Å². The number of hydrogen-bond donors (Lipinski definition) is 0. The average Bonchev–Trinajstić information content (AvgIpc) is 2.30. The molecule has 0 saturated carbocycles. The molecule has 0 spiro atoms. The summed E-state index contributed by atoms with van der Waals surface area (Å²) >= 11 is 0. The highest BCUT2D eigenvalue weighted by atomic mass is 16.5. The van der Waals surface area contributed by atoms with E-state index in [1.807, 2.05) is 6.92 Å².